The van der Waals surface area contributed by atoms with Crippen LogP contribution in [0.5, 0.6) is 5.75 Å². The third kappa shape index (κ3) is 4.39. The third-order valence-electron chi connectivity index (χ3n) is 5.08. The minimum Gasteiger partial charge on any atom is -0.406 e. The van der Waals surface area contributed by atoms with Crippen molar-refractivity contribution in [3.8, 4) is 17.1 Å². The molecule has 0 N–H and O–H groups in total. The summed E-state index contributed by atoms with van der Waals surface area (Å²) in [5, 5.41) is 3.87. The quantitative estimate of drug-likeness (QED) is 0.624. The Labute approximate surface area is 173 Å². The average Bonchev–Trinajstić information content (AvgIpc) is 2.97. The van der Waals surface area contributed by atoms with E-state index < -0.39 is 17.6 Å². The van der Waals surface area contributed by atoms with Gasteiger partial charge in [0.25, 0.3) is 5.56 Å². The lowest BCUT2D eigenvalue weighted by Crippen LogP contribution is -2.42. The van der Waals surface area contributed by atoms with E-state index in [2.05, 4.69) is 14.9 Å². The zero-order valence-electron chi connectivity index (χ0n) is 16.6. The molecule has 0 aliphatic carbocycles. The van der Waals surface area contributed by atoms with Crippen molar-refractivity contribution in [3.05, 3.63) is 62.3 Å². The molecule has 164 valence electrons. The summed E-state index contributed by atoms with van der Waals surface area (Å²) in [5.74, 6) is 0.0285. The number of ether oxygens (including phenoxy) is 1. The Morgan fingerprint density at radius 2 is 1.87 bits per heavy atom. The van der Waals surface area contributed by atoms with Crippen molar-refractivity contribution in [2.45, 2.75) is 52.1 Å². The van der Waals surface area contributed by atoms with E-state index in [0.717, 1.165) is 36.0 Å². The van der Waals surface area contributed by atoms with Crippen LogP contribution in [-0.4, -0.2) is 25.6 Å². The van der Waals surface area contributed by atoms with Gasteiger partial charge in [-0.25, -0.2) is 4.79 Å². The summed E-state index contributed by atoms with van der Waals surface area (Å²) >= 11 is 0. The number of hydrogen-bond acceptors (Lipinski definition) is 6. The first-order valence-corrected chi connectivity index (χ1v) is 9.75. The van der Waals surface area contributed by atoms with Gasteiger partial charge in [0.05, 0.1) is 6.54 Å². The van der Waals surface area contributed by atoms with Crippen molar-refractivity contribution in [2.24, 2.45) is 0 Å². The molecular weight excluding hydrogens is 417 g/mol. The average molecular weight is 436 g/mol. The fourth-order valence-corrected chi connectivity index (χ4v) is 3.72. The second-order valence-electron chi connectivity index (χ2n) is 7.29. The van der Waals surface area contributed by atoms with Crippen molar-refractivity contribution >= 4 is 0 Å². The van der Waals surface area contributed by atoms with Gasteiger partial charge in [0.2, 0.25) is 11.7 Å². The number of alkyl halides is 3. The number of rotatable bonds is 4. The second-order valence-corrected chi connectivity index (χ2v) is 7.29. The highest BCUT2D eigenvalue weighted by Gasteiger charge is 2.31. The van der Waals surface area contributed by atoms with Gasteiger partial charge in [0.15, 0.2) is 0 Å². The van der Waals surface area contributed by atoms with Crippen LogP contribution in [0.1, 0.15) is 36.4 Å². The fourth-order valence-electron chi connectivity index (χ4n) is 3.72. The van der Waals surface area contributed by atoms with Crippen molar-refractivity contribution in [1.82, 2.24) is 19.3 Å². The number of aromatic nitrogens is 4. The predicted molar refractivity (Wildman–Crippen MR) is 103 cm³/mol. The molecule has 8 nitrogen and oxygen atoms in total. The van der Waals surface area contributed by atoms with Gasteiger partial charge < -0.3 is 9.26 Å². The smallest absolute Gasteiger partial charge is 0.406 e. The summed E-state index contributed by atoms with van der Waals surface area (Å²) < 4.78 is 48.6. The molecule has 0 saturated heterocycles. The van der Waals surface area contributed by atoms with Crippen molar-refractivity contribution < 1.29 is 22.4 Å². The lowest BCUT2D eigenvalue weighted by atomic mass is 10.1. The molecule has 1 aromatic carbocycles. The molecule has 0 spiro atoms. The highest BCUT2D eigenvalue weighted by molar-refractivity contribution is 5.56. The topological polar surface area (TPSA) is 92.2 Å². The molecule has 3 aromatic rings. The maximum absolute atomic E-state index is 13.3. The molecule has 1 aliphatic rings. The number of halogens is 3. The normalized spacial score (nSPS) is 14.2. The van der Waals surface area contributed by atoms with Gasteiger partial charge in [0.1, 0.15) is 11.3 Å². The van der Waals surface area contributed by atoms with E-state index in [1.165, 1.54) is 12.1 Å². The Hall–Kier alpha value is -3.37. The molecule has 0 fully saturated rings. The van der Waals surface area contributed by atoms with Crippen LogP contribution in [-0.2, 0) is 19.5 Å². The lowest BCUT2D eigenvalue weighted by molar-refractivity contribution is -0.274. The van der Waals surface area contributed by atoms with Crippen LogP contribution in [0.3, 0.4) is 0 Å². The van der Waals surface area contributed by atoms with E-state index >= 15 is 0 Å². The molecule has 0 amide bonds. The van der Waals surface area contributed by atoms with Gasteiger partial charge >= 0.3 is 12.1 Å². The second kappa shape index (κ2) is 8.05. The van der Waals surface area contributed by atoms with Crippen LogP contribution < -0.4 is 16.0 Å². The number of nitrogens with zero attached hydrogens (tertiary/aromatic N) is 4. The van der Waals surface area contributed by atoms with Gasteiger partial charge in [0, 0.05) is 19.2 Å². The highest BCUT2D eigenvalue weighted by Crippen LogP contribution is 2.24. The molecular formula is C20H19F3N4O4. The maximum Gasteiger partial charge on any atom is 0.573 e. The molecule has 0 bridgehead atoms. The Balaban J connectivity index is 1.79. The number of aryl methyl sites for hydroxylation is 1. The van der Waals surface area contributed by atoms with Gasteiger partial charge in [-0.2, -0.15) is 4.98 Å². The molecule has 4 rings (SSSR count). The largest absolute Gasteiger partial charge is 0.573 e. The standard InChI is InChI=1S/C20H19F3N4O4/c1-12-24-17(25-31-12)16-15-5-3-2-4-10-26(15)19(29)27(18(16)28)11-13-6-8-14(9-7-13)30-20(21,22)23/h6-9H,2-5,10-11H2,1H3. The first kappa shape index (κ1) is 20.9. The zero-order valence-corrected chi connectivity index (χ0v) is 16.6. The van der Waals surface area contributed by atoms with Gasteiger partial charge in [-0.05, 0) is 37.0 Å². The van der Waals surface area contributed by atoms with Crippen LogP contribution in [0, 0.1) is 6.92 Å². The molecule has 3 heterocycles. The van der Waals surface area contributed by atoms with Crippen LogP contribution in [0.4, 0.5) is 13.2 Å². The maximum atomic E-state index is 13.3. The SMILES string of the molecule is Cc1nc(-c2c3n(c(=O)n(Cc4ccc(OC(F)(F)F)cc4)c2=O)CCCCC3)no1. The molecule has 0 atom stereocenters. The Bertz CT molecular complexity index is 1210. The van der Waals surface area contributed by atoms with E-state index in [1.807, 2.05) is 0 Å². The van der Waals surface area contributed by atoms with Gasteiger partial charge in [-0.1, -0.05) is 23.7 Å². The van der Waals surface area contributed by atoms with Crippen molar-refractivity contribution in [3.63, 3.8) is 0 Å². The van der Waals surface area contributed by atoms with Gasteiger partial charge in [-0.3, -0.25) is 13.9 Å². The van der Waals surface area contributed by atoms with Crippen LogP contribution in [0.25, 0.3) is 11.4 Å². The van der Waals surface area contributed by atoms with Crippen molar-refractivity contribution in [2.75, 3.05) is 0 Å². The molecule has 0 radical (unpaired) electrons. The molecule has 11 heteroatoms. The van der Waals surface area contributed by atoms with Crippen molar-refractivity contribution in [1.29, 1.82) is 0 Å². The highest BCUT2D eigenvalue weighted by atomic mass is 19.4. The van der Waals surface area contributed by atoms with Gasteiger partial charge in [-0.15, -0.1) is 13.2 Å². The summed E-state index contributed by atoms with van der Waals surface area (Å²) in [6, 6.07) is 5.03. The number of fused-ring (bicyclic) bond motifs is 1. The summed E-state index contributed by atoms with van der Waals surface area (Å²) in [6.45, 7) is 1.94. The third-order valence-corrected chi connectivity index (χ3v) is 5.08. The fraction of sp³-hybridized carbons (Fsp3) is 0.400. The molecule has 31 heavy (non-hydrogen) atoms. The minimum atomic E-state index is -4.80. The summed E-state index contributed by atoms with van der Waals surface area (Å²) in [4.78, 5) is 30.6. The monoisotopic (exact) mass is 436 g/mol. The summed E-state index contributed by atoms with van der Waals surface area (Å²) in [6.07, 6.45) is -1.73. The first-order chi connectivity index (χ1) is 14.7. The summed E-state index contributed by atoms with van der Waals surface area (Å²) in [5.41, 5.74) is 0.239. The Morgan fingerprint density at radius 1 is 1.13 bits per heavy atom. The predicted octanol–water partition coefficient (Wildman–Crippen LogP) is 3.04. The van der Waals surface area contributed by atoms with Crippen LogP contribution in [0.2, 0.25) is 0 Å². The van der Waals surface area contributed by atoms with E-state index in [4.69, 9.17) is 4.52 Å². The van der Waals surface area contributed by atoms with E-state index in [-0.39, 0.29) is 23.7 Å². The minimum absolute atomic E-state index is 0.117. The molecule has 0 saturated carbocycles. The molecule has 0 unspecified atom stereocenters. The number of hydrogen-bond donors (Lipinski definition) is 0. The first-order valence-electron chi connectivity index (χ1n) is 9.75. The Kier molecular flexibility index (Phi) is 5.42. The van der Waals surface area contributed by atoms with E-state index in [9.17, 15) is 22.8 Å². The van der Waals surface area contributed by atoms with E-state index in [0.29, 0.717) is 30.1 Å². The zero-order chi connectivity index (χ0) is 22.2. The van der Waals surface area contributed by atoms with Crippen LogP contribution in [0.15, 0.2) is 38.4 Å². The lowest BCUT2D eigenvalue weighted by Gasteiger charge is -2.16. The van der Waals surface area contributed by atoms with Crippen LogP contribution >= 0.6 is 0 Å². The number of benzene rings is 1. The summed E-state index contributed by atoms with van der Waals surface area (Å²) in [7, 11) is 0. The molecule has 1 aliphatic heterocycles. The van der Waals surface area contributed by atoms with E-state index in [1.54, 1.807) is 11.5 Å². The molecule has 2 aromatic heterocycles. The Morgan fingerprint density at radius 3 is 2.52 bits per heavy atom.